The molecule has 2 aromatic heterocycles. The predicted molar refractivity (Wildman–Crippen MR) is 457 cm³/mol. The number of amides is 2. The van der Waals surface area contributed by atoms with Gasteiger partial charge in [-0.15, -0.1) is 0 Å². The highest BCUT2D eigenvalue weighted by Crippen LogP contribution is 2.80. The number of allylic oxidation sites excluding steroid dienone is 2. The number of hydrogen-bond acceptors (Lipinski definition) is 18. The van der Waals surface area contributed by atoms with Crippen LogP contribution in [0.4, 0.5) is 9.59 Å². The number of carbonyl (C=O) groups excluding carboxylic acids is 8. The van der Waals surface area contributed by atoms with Gasteiger partial charge in [-0.2, -0.15) is 0 Å². The zero-order valence-corrected chi connectivity index (χ0v) is 78.3. The molecule has 14 aliphatic rings. The van der Waals surface area contributed by atoms with Crippen LogP contribution in [0.25, 0.3) is 0 Å². The van der Waals surface area contributed by atoms with Crippen LogP contribution in [0.3, 0.4) is 0 Å². The molecule has 2 saturated heterocycles. The van der Waals surface area contributed by atoms with E-state index in [9.17, 15) is 38.4 Å². The molecule has 2 aromatic rings. The number of carbonyl (C=O) groups is 8. The first-order valence-corrected chi connectivity index (χ1v) is 46.6. The lowest BCUT2D eigenvalue weighted by Crippen LogP contribution is -2.66. The Morgan fingerprint density at radius 2 is 0.775 bits per heavy atom. The molecule has 0 unspecified atom stereocenters. The molecule has 0 N–H and O–H groups in total. The average molecular weight is 1700 g/mol. The van der Waals surface area contributed by atoms with Crippen molar-refractivity contribution in [3.63, 3.8) is 0 Å². The van der Waals surface area contributed by atoms with Crippen LogP contribution in [0, 0.1) is 112 Å². The molecule has 20 nitrogen and oxygen atoms in total. The van der Waals surface area contributed by atoms with E-state index < -0.39 is 68.1 Å². The van der Waals surface area contributed by atoms with Crippen LogP contribution < -0.4 is 0 Å². The van der Waals surface area contributed by atoms with Gasteiger partial charge in [-0.05, 0) is 300 Å². The van der Waals surface area contributed by atoms with Crippen LogP contribution in [0.1, 0.15) is 332 Å². The van der Waals surface area contributed by atoms with E-state index in [0.717, 1.165) is 140 Å². The van der Waals surface area contributed by atoms with Crippen LogP contribution >= 0.6 is 23.2 Å². The van der Waals surface area contributed by atoms with E-state index in [4.69, 9.17) is 51.6 Å². The minimum Gasteiger partial charge on any atom is -0.462 e. The van der Waals surface area contributed by atoms with Crippen molar-refractivity contribution >= 4 is 70.8 Å². The van der Waals surface area contributed by atoms with Gasteiger partial charge in [0.1, 0.15) is 46.7 Å². The third-order valence-electron chi connectivity index (χ3n) is 35.9. The van der Waals surface area contributed by atoms with Gasteiger partial charge in [-0.3, -0.25) is 38.6 Å². The number of ether oxygens (including phenoxy) is 6. The number of esters is 4. The van der Waals surface area contributed by atoms with Gasteiger partial charge in [0.05, 0.1) is 46.8 Å². The molecular formula is C98H140Cl2N6O14. The largest absolute Gasteiger partial charge is 0.462 e. The second kappa shape index (κ2) is 29.3. The van der Waals surface area contributed by atoms with Gasteiger partial charge < -0.3 is 28.4 Å². The third kappa shape index (κ3) is 13.8. The standard InChI is InChI=1S/2C49H70ClN3O7/c2*1-28(2)37-31(54)23-48(35-27-53(41(57)59-35)49(21-22-49)39-51-25-29(50)26-52-39)20-19-46(11)30(38(37)48)13-14-33-45(10)17-16-34(44(8,9)32(45)15-18-47(33,46)12)58-36(55)24-43(6,7)40(56)60-42(3,4)5/h2*25-26,28,30,32-35H,13-24,27H2,1-12H3/t2*30-,32+,33-,34+,35+,45+,46-,47-,48+/m11/s1. The second-order valence-corrected chi connectivity index (χ2v) is 47.9. The summed E-state index contributed by atoms with van der Waals surface area (Å²) in [5.74, 6) is 2.46. The number of ketones is 2. The Morgan fingerprint density at radius 3 is 1.08 bits per heavy atom. The molecule has 2 aliphatic heterocycles. The maximum absolute atomic E-state index is 14.4. The fraction of sp³-hybridized carbons (Fsp3) is 0.796. The van der Waals surface area contributed by atoms with Crippen molar-refractivity contribution in [2.24, 2.45) is 112 Å². The first kappa shape index (κ1) is 88.8. The summed E-state index contributed by atoms with van der Waals surface area (Å²) in [6.07, 6.45) is 23.8. The van der Waals surface area contributed by atoms with Gasteiger partial charge in [0.2, 0.25) is 0 Å². The van der Waals surface area contributed by atoms with Crippen molar-refractivity contribution in [3.8, 4) is 0 Å². The Kier molecular flexibility index (Phi) is 21.7. The summed E-state index contributed by atoms with van der Waals surface area (Å²) in [4.78, 5) is 132. The summed E-state index contributed by atoms with van der Waals surface area (Å²) in [5, 5.41) is 0.920. The van der Waals surface area contributed by atoms with E-state index in [1.54, 1.807) is 52.5 Å². The summed E-state index contributed by atoms with van der Waals surface area (Å²) in [7, 11) is 0. The Balaban J connectivity index is 0.000000187. The smallest absolute Gasteiger partial charge is 0.411 e. The van der Waals surface area contributed by atoms with Gasteiger partial charge in [-0.1, -0.05) is 120 Å². The number of fused-ring (bicyclic) bond motifs is 14. The number of halogens is 2. The van der Waals surface area contributed by atoms with Crippen molar-refractivity contribution in [2.45, 2.75) is 367 Å². The van der Waals surface area contributed by atoms with Crippen molar-refractivity contribution < 1.29 is 66.8 Å². The van der Waals surface area contributed by atoms with E-state index >= 15 is 0 Å². The molecule has 16 rings (SSSR count). The molecule has 12 aliphatic carbocycles. The van der Waals surface area contributed by atoms with E-state index in [0.29, 0.717) is 71.3 Å². The molecule has 0 aromatic carbocycles. The van der Waals surface area contributed by atoms with E-state index in [1.807, 2.05) is 51.3 Å². The minimum atomic E-state index is -0.991. The monoisotopic (exact) mass is 1690 g/mol. The maximum Gasteiger partial charge on any atom is 0.411 e. The molecule has 12 fully saturated rings. The van der Waals surface area contributed by atoms with Gasteiger partial charge in [-0.25, -0.2) is 29.5 Å². The van der Waals surface area contributed by atoms with Crippen LogP contribution in [0.15, 0.2) is 47.1 Å². The summed E-state index contributed by atoms with van der Waals surface area (Å²) in [6.45, 7) is 52.1. The average Bonchev–Trinajstić information content (AvgIpc) is 1.29. The topological polar surface area (TPSA) is 250 Å². The number of nitrogens with zero attached hydrogens (tertiary/aromatic N) is 6. The molecule has 4 heterocycles. The first-order valence-electron chi connectivity index (χ1n) is 45.9. The molecule has 660 valence electrons. The van der Waals surface area contributed by atoms with E-state index in [1.165, 1.54) is 11.1 Å². The van der Waals surface area contributed by atoms with Crippen molar-refractivity contribution in [1.82, 2.24) is 29.7 Å². The third-order valence-corrected chi connectivity index (χ3v) is 36.3. The summed E-state index contributed by atoms with van der Waals surface area (Å²) < 4.78 is 37.0. The molecule has 18 atom stereocenters. The summed E-state index contributed by atoms with van der Waals surface area (Å²) in [5.41, 5.74) is -1.36. The number of rotatable bonds is 16. The zero-order chi connectivity index (χ0) is 87.6. The van der Waals surface area contributed by atoms with Gasteiger partial charge in [0, 0.05) is 59.3 Å². The van der Waals surface area contributed by atoms with Crippen LogP contribution in [0.2, 0.25) is 10.0 Å². The normalized spacial score (nSPS) is 38.1. The van der Waals surface area contributed by atoms with E-state index in [2.05, 4.69) is 117 Å². The first-order chi connectivity index (χ1) is 55.5. The number of Topliss-reactive ketones (excluding diaryl/α,β-unsaturated/α-hetero) is 2. The SMILES string of the molecule is CC(C)C1=C2[C@H]3CC[C@@H]4[C@@]5(C)CC[C@H](OC(=O)CC(C)(C)C(=O)OC(C)(C)C)C(C)(C)[C@@H]5CC[C@@]4(C)[C@]3(C)CC[C@@]2([C@@H]2CN(C3(c4ncc(Cl)cn4)CC3)C(=O)O2)CC1=O.CC(C)C1=C2[C@H]3CC[C@@H]4[C@@]5(C)CC[C@H](OC(=O)CC(C)(C)C(=O)OC(C)(C)C)C(C)(C)[C@@H]5CC[C@@]4(C)[C@]3(C)CC[C@@]2([C@@H]2CN(C3(c4ncc(Cl)cn4)CC3)C(=O)O2)CC1=O. The summed E-state index contributed by atoms with van der Waals surface area (Å²) >= 11 is 12.3. The minimum absolute atomic E-state index is 0.0213. The van der Waals surface area contributed by atoms with Crippen molar-refractivity contribution in [1.29, 1.82) is 0 Å². The molecule has 120 heavy (non-hydrogen) atoms. The fourth-order valence-electron chi connectivity index (χ4n) is 29.4. The molecular weight excluding hydrogens is 1560 g/mol. The molecule has 0 radical (unpaired) electrons. The van der Waals surface area contributed by atoms with Gasteiger partial charge >= 0.3 is 36.1 Å². The highest BCUT2D eigenvalue weighted by Gasteiger charge is 2.76. The quantitative estimate of drug-likeness (QED) is 0.112. The zero-order valence-electron chi connectivity index (χ0n) is 76.8. The Labute approximate surface area is 724 Å². The Hall–Kier alpha value is -6.02. The fourth-order valence-corrected chi connectivity index (χ4v) is 29.6. The maximum atomic E-state index is 14.4. The van der Waals surface area contributed by atoms with Crippen molar-refractivity contribution in [3.05, 3.63) is 68.8 Å². The molecule has 0 spiro atoms. The van der Waals surface area contributed by atoms with E-state index in [-0.39, 0.29) is 128 Å². The molecule has 2 amide bonds. The predicted octanol–water partition coefficient (Wildman–Crippen LogP) is 21.2. The lowest BCUT2D eigenvalue weighted by Gasteiger charge is -2.72. The van der Waals surface area contributed by atoms with Crippen LogP contribution in [0.5, 0.6) is 0 Å². The lowest BCUT2D eigenvalue weighted by molar-refractivity contribution is -0.235. The highest BCUT2D eigenvalue weighted by atomic mass is 35.5. The molecule has 0 bridgehead atoms. The number of cyclic esters (lactones) is 2. The number of hydrogen-bond donors (Lipinski definition) is 0. The van der Waals surface area contributed by atoms with Crippen LogP contribution in [-0.4, -0.2) is 126 Å². The summed E-state index contributed by atoms with van der Waals surface area (Å²) in [6, 6.07) is 0. The Bertz CT molecular complexity index is 4280. The van der Waals surface area contributed by atoms with Gasteiger partial charge in [0.15, 0.2) is 23.2 Å². The lowest BCUT2D eigenvalue weighted by atomic mass is 9.33. The molecule has 22 heteroatoms. The second-order valence-electron chi connectivity index (χ2n) is 47.0. The van der Waals surface area contributed by atoms with Crippen LogP contribution in [-0.2, 0) is 68.3 Å². The Morgan fingerprint density at radius 1 is 0.442 bits per heavy atom. The number of aromatic nitrogens is 4. The highest BCUT2D eigenvalue weighted by molar-refractivity contribution is 6.30. The van der Waals surface area contributed by atoms with Crippen molar-refractivity contribution in [2.75, 3.05) is 13.1 Å². The molecule has 10 saturated carbocycles. The van der Waals surface area contributed by atoms with Gasteiger partial charge in [0.25, 0.3) is 0 Å².